The summed E-state index contributed by atoms with van der Waals surface area (Å²) >= 11 is 0. The smallest absolute Gasteiger partial charge is 0.251 e. The number of amides is 1. The van der Waals surface area contributed by atoms with Crippen molar-refractivity contribution in [3.05, 3.63) is 35.2 Å². The average Bonchev–Trinajstić information content (AvgIpc) is 2.61. The highest BCUT2D eigenvalue weighted by Crippen LogP contribution is 2.31. The molecule has 0 unspecified atom stereocenters. The summed E-state index contributed by atoms with van der Waals surface area (Å²) in [6.45, 7) is 1.77. The Morgan fingerprint density at radius 3 is 3.21 bits per heavy atom. The van der Waals surface area contributed by atoms with Gasteiger partial charge >= 0.3 is 0 Å². The number of fused-ring (bicyclic) bond motifs is 2. The molecule has 0 aromatic carbocycles. The van der Waals surface area contributed by atoms with Gasteiger partial charge in [0.2, 0.25) is 0 Å². The number of rotatable bonds is 0. The third-order valence-corrected chi connectivity index (χ3v) is 2.97. The van der Waals surface area contributed by atoms with Gasteiger partial charge in [0, 0.05) is 30.6 Å². The molecule has 0 spiro atoms. The highest BCUT2D eigenvalue weighted by Gasteiger charge is 2.28. The average molecular weight is 188 g/mol. The second-order valence-electron chi connectivity index (χ2n) is 3.79. The van der Waals surface area contributed by atoms with Crippen molar-refractivity contribution in [2.75, 3.05) is 13.1 Å². The van der Waals surface area contributed by atoms with Crippen LogP contribution in [-0.4, -0.2) is 23.9 Å². The third-order valence-electron chi connectivity index (χ3n) is 2.97. The predicted octanol–water partition coefficient (Wildman–Crippen LogP) is 0.920. The zero-order chi connectivity index (χ0) is 9.54. The minimum absolute atomic E-state index is 0.119. The zero-order valence-corrected chi connectivity index (χ0v) is 7.92. The van der Waals surface area contributed by atoms with Gasteiger partial charge in [-0.25, -0.2) is 0 Å². The topological polar surface area (TPSA) is 32.3 Å². The van der Waals surface area contributed by atoms with Gasteiger partial charge in [-0.15, -0.1) is 0 Å². The summed E-state index contributed by atoms with van der Waals surface area (Å²) in [5.74, 6) is 0.119. The maximum Gasteiger partial charge on any atom is 0.251 e. The van der Waals surface area contributed by atoms with Crippen LogP contribution in [0.1, 0.15) is 12.8 Å². The lowest BCUT2D eigenvalue weighted by atomic mass is 9.97. The second-order valence-corrected chi connectivity index (χ2v) is 3.79. The number of piperidine rings is 1. The number of carbonyl (C=O) groups excluding carboxylic acids is 1. The summed E-state index contributed by atoms with van der Waals surface area (Å²) in [5.41, 5.74) is 3.66. The van der Waals surface area contributed by atoms with E-state index in [1.807, 2.05) is 11.0 Å². The molecule has 14 heavy (non-hydrogen) atoms. The van der Waals surface area contributed by atoms with Crippen molar-refractivity contribution in [3.63, 3.8) is 0 Å². The summed E-state index contributed by atoms with van der Waals surface area (Å²) in [5, 5.41) is 3.38. The molecule has 0 aromatic rings. The third kappa shape index (κ3) is 0.953. The normalized spacial score (nSPS) is 24.4. The molecule has 72 valence electrons. The first kappa shape index (κ1) is 7.85. The fourth-order valence-electron chi connectivity index (χ4n) is 2.27. The molecule has 0 aromatic heterocycles. The van der Waals surface area contributed by atoms with Crippen LogP contribution in [0.4, 0.5) is 0 Å². The van der Waals surface area contributed by atoms with Crippen molar-refractivity contribution in [3.8, 4) is 0 Å². The minimum Gasteiger partial charge on any atom is -0.385 e. The molecule has 3 nitrogen and oxygen atoms in total. The van der Waals surface area contributed by atoms with Gasteiger partial charge in [0.05, 0.1) is 0 Å². The Hall–Kier alpha value is -1.51. The van der Waals surface area contributed by atoms with Crippen LogP contribution in [0.5, 0.6) is 0 Å². The molecule has 0 radical (unpaired) electrons. The van der Waals surface area contributed by atoms with Crippen molar-refractivity contribution >= 4 is 5.91 Å². The maximum atomic E-state index is 11.4. The molecular formula is C11H12N2O. The van der Waals surface area contributed by atoms with Gasteiger partial charge in [0.25, 0.3) is 5.91 Å². The van der Waals surface area contributed by atoms with E-state index in [4.69, 9.17) is 0 Å². The van der Waals surface area contributed by atoms with Crippen LogP contribution in [0, 0.1) is 0 Å². The number of hydrogen-bond acceptors (Lipinski definition) is 2. The van der Waals surface area contributed by atoms with Crippen LogP contribution >= 0.6 is 0 Å². The first-order chi connectivity index (χ1) is 6.86. The lowest BCUT2D eigenvalue weighted by molar-refractivity contribution is -0.122. The molecule has 1 fully saturated rings. The van der Waals surface area contributed by atoms with Crippen LogP contribution in [0.15, 0.2) is 35.2 Å². The predicted molar refractivity (Wildman–Crippen MR) is 53.2 cm³/mol. The molecule has 3 rings (SSSR count). The maximum absolute atomic E-state index is 11.4. The van der Waals surface area contributed by atoms with Gasteiger partial charge in [-0.2, -0.15) is 0 Å². The Morgan fingerprint density at radius 2 is 2.29 bits per heavy atom. The summed E-state index contributed by atoms with van der Waals surface area (Å²) in [6.07, 6.45) is 7.96. The van der Waals surface area contributed by atoms with Gasteiger partial charge < -0.3 is 10.2 Å². The quantitative estimate of drug-likeness (QED) is 0.613. The summed E-state index contributed by atoms with van der Waals surface area (Å²) < 4.78 is 0. The van der Waals surface area contributed by atoms with Gasteiger partial charge in [0.15, 0.2) is 0 Å². The lowest BCUT2D eigenvalue weighted by Gasteiger charge is -2.30. The molecule has 1 amide bonds. The van der Waals surface area contributed by atoms with Gasteiger partial charge in [0.1, 0.15) is 0 Å². The Morgan fingerprint density at radius 1 is 1.36 bits per heavy atom. The SMILES string of the molecule is O=C1C=CC2=C3CCCNC3=CCN12. The zero-order valence-electron chi connectivity index (χ0n) is 7.92. The van der Waals surface area contributed by atoms with E-state index in [2.05, 4.69) is 11.4 Å². The number of allylic oxidation sites excluding steroid dienone is 2. The molecule has 3 heteroatoms. The van der Waals surface area contributed by atoms with Crippen LogP contribution in [0.2, 0.25) is 0 Å². The van der Waals surface area contributed by atoms with E-state index in [1.165, 1.54) is 11.3 Å². The van der Waals surface area contributed by atoms with E-state index in [-0.39, 0.29) is 5.91 Å². The largest absolute Gasteiger partial charge is 0.385 e. The second kappa shape index (κ2) is 2.74. The minimum atomic E-state index is 0.119. The van der Waals surface area contributed by atoms with Crippen molar-refractivity contribution in [1.82, 2.24) is 10.2 Å². The van der Waals surface area contributed by atoms with Crippen LogP contribution in [0.25, 0.3) is 0 Å². The van der Waals surface area contributed by atoms with Gasteiger partial charge in [-0.1, -0.05) is 0 Å². The van der Waals surface area contributed by atoms with Crippen LogP contribution in [0.3, 0.4) is 0 Å². The van der Waals surface area contributed by atoms with E-state index in [0.29, 0.717) is 6.54 Å². The lowest BCUT2D eigenvalue weighted by Crippen LogP contribution is -2.33. The number of nitrogens with one attached hydrogen (secondary N) is 1. The fraction of sp³-hybridized carbons (Fsp3) is 0.364. The molecule has 1 N–H and O–H groups in total. The number of carbonyl (C=O) groups is 1. The Kier molecular flexibility index (Phi) is 1.54. The Balaban J connectivity index is 2.07. The highest BCUT2D eigenvalue weighted by molar-refractivity contribution is 5.94. The molecular weight excluding hydrogens is 176 g/mol. The molecule has 0 saturated carbocycles. The molecule has 1 saturated heterocycles. The van der Waals surface area contributed by atoms with Gasteiger partial charge in [-0.3, -0.25) is 4.79 Å². The Bertz CT molecular complexity index is 390. The molecule has 0 atom stereocenters. The van der Waals surface area contributed by atoms with Crippen molar-refractivity contribution in [2.24, 2.45) is 0 Å². The molecule has 3 aliphatic heterocycles. The number of hydrogen-bond donors (Lipinski definition) is 1. The van der Waals surface area contributed by atoms with Crippen molar-refractivity contribution < 1.29 is 4.79 Å². The van der Waals surface area contributed by atoms with Crippen LogP contribution < -0.4 is 5.32 Å². The first-order valence-electron chi connectivity index (χ1n) is 5.03. The fourth-order valence-corrected chi connectivity index (χ4v) is 2.27. The first-order valence-corrected chi connectivity index (χ1v) is 5.03. The van der Waals surface area contributed by atoms with E-state index >= 15 is 0 Å². The van der Waals surface area contributed by atoms with Crippen molar-refractivity contribution in [1.29, 1.82) is 0 Å². The Labute approximate surface area is 82.8 Å². The number of nitrogens with zero attached hydrogens (tertiary/aromatic N) is 1. The van der Waals surface area contributed by atoms with E-state index in [0.717, 1.165) is 25.1 Å². The summed E-state index contributed by atoms with van der Waals surface area (Å²) in [7, 11) is 0. The molecule has 0 aliphatic carbocycles. The summed E-state index contributed by atoms with van der Waals surface area (Å²) in [6, 6.07) is 0. The standard InChI is InChI=1S/C11H12N2O/c14-11-4-3-10-8-2-1-6-12-9(8)5-7-13(10)11/h3-5,12H,1-2,6-7H2. The highest BCUT2D eigenvalue weighted by atomic mass is 16.2. The van der Waals surface area contributed by atoms with Crippen molar-refractivity contribution in [2.45, 2.75) is 12.8 Å². The summed E-state index contributed by atoms with van der Waals surface area (Å²) in [4.78, 5) is 13.3. The monoisotopic (exact) mass is 188 g/mol. The molecule has 3 aliphatic rings. The van der Waals surface area contributed by atoms with Crippen LogP contribution in [-0.2, 0) is 4.79 Å². The van der Waals surface area contributed by atoms with E-state index < -0.39 is 0 Å². The van der Waals surface area contributed by atoms with Gasteiger partial charge in [-0.05, 0) is 30.6 Å². The molecule has 3 heterocycles. The van der Waals surface area contributed by atoms with E-state index in [9.17, 15) is 4.79 Å². The van der Waals surface area contributed by atoms with E-state index in [1.54, 1.807) is 6.08 Å². The molecule has 0 bridgehead atoms.